The van der Waals surface area contributed by atoms with Gasteiger partial charge >= 0.3 is 0 Å². The molecular formula is C17H24F2N2. The second kappa shape index (κ2) is 6.84. The first kappa shape index (κ1) is 14.9. The summed E-state index contributed by atoms with van der Waals surface area (Å²) in [6.07, 6.45) is 6.64. The molecule has 116 valence electrons. The van der Waals surface area contributed by atoms with Crippen molar-refractivity contribution in [2.45, 2.75) is 44.7 Å². The quantitative estimate of drug-likeness (QED) is 0.920. The van der Waals surface area contributed by atoms with E-state index in [1.807, 2.05) is 0 Å². The van der Waals surface area contributed by atoms with Crippen molar-refractivity contribution < 1.29 is 8.78 Å². The molecule has 1 saturated carbocycles. The Bertz CT molecular complexity index is 472. The molecule has 1 aromatic rings. The van der Waals surface area contributed by atoms with E-state index in [9.17, 15) is 8.78 Å². The van der Waals surface area contributed by atoms with Crippen molar-refractivity contribution in [3.05, 3.63) is 35.4 Å². The van der Waals surface area contributed by atoms with Crippen molar-refractivity contribution in [1.29, 1.82) is 0 Å². The van der Waals surface area contributed by atoms with Gasteiger partial charge in [0, 0.05) is 32.2 Å². The van der Waals surface area contributed by atoms with Crippen molar-refractivity contribution >= 4 is 0 Å². The summed E-state index contributed by atoms with van der Waals surface area (Å²) in [7, 11) is 0. The van der Waals surface area contributed by atoms with Gasteiger partial charge in [-0.1, -0.05) is 25.3 Å². The molecule has 0 amide bonds. The molecular weight excluding hydrogens is 270 g/mol. The fraction of sp³-hybridized carbons (Fsp3) is 0.647. The van der Waals surface area contributed by atoms with Crippen LogP contribution in [0.2, 0.25) is 0 Å². The van der Waals surface area contributed by atoms with Crippen LogP contribution in [0.4, 0.5) is 8.78 Å². The van der Waals surface area contributed by atoms with Gasteiger partial charge < -0.3 is 5.32 Å². The Morgan fingerprint density at radius 3 is 2.67 bits per heavy atom. The average Bonchev–Trinajstić information content (AvgIpc) is 2.52. The van der Waals surface area contributed by atoms with E-state index < -0.39 is 11.6 Å². The molecule has 0 radical (unpaired) electrons. The third-order valence-electron chi connectivity index (χ3n) is 4.96. The van der Waals surface area contributed by atoms with Crippen LogP contribution in [0.1, 0.15) is 37.7 Å². The minimum absolute atomic E-state index is 0.534. The highest BCUT2D eigenvalue weighted by molar-refractivity contribution is 5.18. The van der Waals surface area contributed by atoms with Gasteiger partial charge in [0.1, 0.15) is 0 Å². The monoisotopic (exact) mass is 294 g/mol. The molecule has 21 heavy (non-hydrogen) atoms. The van der Waals surface area contributed by atoms with Gasteiger partial charge in [0.05, 0.1) is 0 Å². The first-order chi connectivity index (χ1) is 10.2. The maximum absolute atomic E-state index is 13.4. The van der Waals surface area contributed by atoms with Gasteiger partial charge in [-0.3, -0.25) is 4.90 Å². The first-order valence-corrected chi connectivity index (χ1v) is 8.13. The number of hydrogen-bond donors (Lipinski definition) is 1. The van der Waals surface area contributed by atoms with Gasteiger partial charge in [-0.25, -0.2) is 8.78 Å². The molecule has 0 aromatic heterocycles. The van der Waals surface area contributed by atoms with E-state index in [0.29, 0.717) is 6.04 Å². The standard InChI is InChI=1S/C17H24F2N2/c18-15-7-6-13(10-16(15)19)12-21-9-8-20-11-17(21)14-4-2-1-3-5-14/h6-7,10,14,17,20H,1-5,8-9,11-12H2. The van der Waals surface area contributed by atoms with E-state index in [4.69, 9.17) is 0 Å². The Balaban J connectivity index is 1.69. The lowest BCUT2D eigenvalue weighted by Gasteiger charge is -2.42. The van der Waals surface area contributed by atoms with Crippen molar-refractivity contribution in [2.24, 2.45) is 5.92 Å². The SMILES string of the molecule is Fc1ccc(CN2CCNCC2C2CCCCC2)cc1F. The summed E-state index contributed by atoms with van der Waals surface area (Å²) in [4.78, 5) is 2.46. The van der Waals surface area contributed by atoms with Gasteiger partial charge in [0.25, 0.3) is 0 Å². The summed E-state index contributed by atoms with van der Waals surface area (Å²) < 4.78 is 26.4. The molecule has 0 spiro atoms. The average molecular weight is 294 g/mol. The molecule has 1 N–H and O–H groups in total. The zero-order chi connectivity index (χ0) is 14.7. The topological polar surface area (TPSA) is 15.3 Å². The van der Waals surface area contributed by atoms with E-state index in [1.54, 1.807) is 6.07 Å². The highest BCUT2D eigenvalue weighted by atomic mass is 19.2. The molecule has 1 atom stereocenters. The predicted octanol–water partition coefficient (Wildman–Crippen LogP) is 3.32. The van der Waals surface area contributed by atoms with E-state index in [0.717, 1.165) is 37.7 Å². The van der Waals surface area contributed by atoms with Crippen molar-refractivity contribution in [1.82, 2.24) is 10.2 Å². The molecule has 1 aliphatic heterocycles. The summed E-state index contributed by atoms with van der Waals surface area (Å²) in [6, 6.07) is 4.82. The summed E-state index contributed by atoms with van der Waals surface area (Å²) in [5.74, 6) is -0.753. The number of halogens is 2. The normalized spacial score (nSPS) is 25.1. The van der Waals surface area contributed by atoms with Crippen LogP contribution in [0, 0.1) is 17.6 Å². The van der Waals surface area contributed by atoms with Crippen molar-refractivity contribution in [3.63, 3.8) is 0 Å². The second-order valence-electron chi connectivity index (χ2n) is 6.39. The van der Waals surface area contributed by atoms with Crippen LogP contribution in [-0.4, -0.2) is 30.6 Å². The Labute approximate surface area is 125 Å². The molecule has 4 heteroatoms. The predicted molar refractivity (Wildman–Crippen MR) is 80.0 cm³/mol. The maximum atomic E-state index is 13.4. The summed E-state index contributed by atoms with van der Waals surface area (Å²) in [5, 5.41) is 3.49. The molecule has 1 unspecified atom stereocenters. The smallest absolute Gasteiger partial charge is 0.159 e. The van der Waals surface area contributed by atoms with Gasteiger partial charge in [-0.2, -0.15) is 0 Å². The number of benzene rings is 1. The minimum Gasteiger partial charge on any atom is -0.314 e. The summed E-state index contributed by atoms with van der Waals surface area (Å²) in [6.45, 7) is 3.71. The maximum Gasteiger partial charge on any atom is 0.159 e. The Kier molecular flexibility index (Phi) is 4.86. The van der Waals surface area contributed by atoms with Crippen molar-refractivity contribution in [2.75, 3.05) is 19.6 Å². The molecule has 3 rings (SSSR count). The largest absolute Gasteiger partial charge is 0.314 e. The highest BCUT2D eigenvalue weighted by Crippen LogP contribution is 2.30. The third-order valence-corrected chi connectivity index (χ3v) is 4.96. The zero-order valence-corrected chi connectivity index (χ0v) is 12.5. The summed E-state index contributed by atoms with van der Waals surface area (Å²) in [5.41, 5.74) is 0.872. The lowest BCUT2D eigenvalue weighted by molar-refractivity contribution is 0.0859. The fourth-order valence-electron chi connectivity index (χ4n) is 3.82. The number of rotatable bonds is 3. The van der Waals surface area contributed by atoms with E-state index in [1.165, 1.54) is 44.2 Å². The van der Waals surface area contributed by atoms with E-state index >= 15 is 0 Å². The van der Waals surface area contributed by atoms with Crippen LogP contribution >= 0.6 is 0 Å². The molecule has 2 aliphatic rings. The van der Waals surface area contributed by atoms with Gasteiger partial charge in [-0.15, -0.1) is 0 Å². The van der Waals surface area contributed by atoms with Gasteiger partial charge in [0.2, 0.25) is 0 Å². The van der Waals surface area contributed by atoms with E-state index in [-0.39, 0.29) is 0 Å². The fourth-order valence-corrected chi connectivity index (χ4v) is 3.82. The third kappa shape index (κ3) is 3.61. The molecule has 2 nitrogen and oxygen atoms in total. The van der Waals surface area contributed by atoms with Crippen LogP contribution in [0.15, 0.2) is 18.2 Å². The van der Waals surface area contributed by atoms with Crippen LogP contribution in [0.5, 0.6) is 0 Å². The van der Waals surface area contributed by atoms with Crippen LogP contribution in [0.3, 0.4) is 0 Å². The Hall–Kier alpha value is -1.00. The van der Waals surface area contributed by atoms with Crippen LogP contribution in [-0.2, 0) is 6.54 Å². The summed E-state index contributed by atoms with van der Waals surface area (Å²) >= 11 is 0. The van der Waals surface area contributed by atoms with Crippen LogP contribution in [0.25, 0.3) is 0 Å². The van der Waals surface area contributed by atoms with E-state index in [2.05, 4.69) is 10.2 Å². The molecule has 0 bridgehead atoms. The molecule has 2 fully saturated rings. The number of nitrogens with one attached hydrogen (secondary N) is 1. The molecule has 1 aliphatic carbocycles. The zero-order valence-electron chi connectivity index (χ0n) is 12.5. The highest BCUT2D eigenvalue weighted by Gasteiger charge is 2.30. The number of hydrogen-bond acceptors (Lipinski definition) is 2. The first-order valence-electron chi connectivity index (χ1n) is 8.13. The Morgan fingerprint density at radius 2 is 1.90 bits per heavy atom. The lowest BCUT2D eigenvalue weighted by Crippen LogP contribution is -2.54. The lowest BCUT2D eigenvalue weighted by atomic mass is 9.82. The number of nitrogens with zero attached hydrogens (tertiary/aromatic N) is 1. The number of piperazine rings is 1. The second-order valence-corrected chi connectivity index (χ2v) is 6.39. The molecule has 1 heterocycles. The van der Waals surface area contributed by atoms with Crippen LogP contribution < -0.4 is 5.32 Å². The van der Waals surface area contributed by atoms with Gasteiger partial charge in [-0.05, 0) is 36.5 Å². The van der Waals surface area contributed by atoms with Gasteiger partial charge in [0.15, 0.2) is 11.6 Å². The Morgan fingerprint density at radius 1 is 1.10 bits per heavy atom. The minimum atomic E-state index is -0.761. The molecule has 1 aromatic carbocycles. The van der Waals surface area contributed by atoms with Crippen molar-refractivity contribution in [3.8, 4) is 0 Å². The molecule has 1 saturated heterocycles.